The van der Waals surface area contributed by atoms with E-state index in [2.05, 4.69) is 48.3 Å². The molecule has 2 rings (SSSR count). The molecular weight excluding hydrogens is 246 g/mol. The minimum absolute atomic E-state index is 0.240. The molecule has 0 amide bonds. The molecule has 2 unspecified atom stereocenters. The number of piperidine rings is 1. The summed E-state index contributed by atoms with van der Waals surface area (Å²) in [6, 6.07) is 9.05. The first-order chi connectivity index (χ1) is 9.67. The van der Waals surface area contributed by atoms with E-state index >= 15 is 0 Å². The molecule has 0 saturated carbocycles. The zero-order chi connectivity index (χ0) is 14.4. The number of nitrogens with one attached hydrogen (secondary N) is 1. The Bertz CT molecular complexity index is 388. The number of hydrogen-bond donors (Lipinski definition) is 2. The zero-order valence-corrected chi connectivity index (χ0v) is 12.9. The molecule has 3 N–H and O–H groups in total. The zero-order valence-electron chi connectivity index (χ0n) is 12.9. The fourth-order valence-corrected chi connectivity index (χ4v) is 2.81. The Morgan fingerprint density at radius 2 is 2.10 bits per heavy atom. The number of nitrogens with two attached hydrogens (primary N) is 1. The van der Waals surface area contributed by atoms with Gasteiger partial charge in [-0.05, 0) is 49.4 Å². The number of hydrogen-bond acceptors (Lipinski definition) is 3. The van der Waals surface area contributed by atoms with Gasteiger partial charge in [0.15, 0.2) is 0 Å². The Balaban J connectivity index is 1.81. The molecule has 1 fully saturated rings. The highest BCUT2D eigenvalue weighted by Gasteiger charge is 2.15. The quantitative estimate of drug-likeness (QED) is 0.838. The number of benzene rings is 1. The highest BCUT2D eigenvalue weighted by molar-refractivity contribution is 5.44. The Labute approximate surface area is 123 Å². The fourth-order valence-electron chi connectivity index (χ4n) is 2.81. The molecule has 20 heavy (non-hydrogen) atoms. The van der Waals surface area contributed by atoms with E-state index in [1.54, 1.807) is 0 Å². The van der Waals surface area contributed by atoms with Crippen molar-refractivity contribution in [2.75, 3.05) is 25.0 Å². The van der Waals surface area contributed by atoms with E-state index in [1.807, 2.05) is 0 Å². The summed E-state index contributed by atoms with van der Waals surface area (Å²) in [5.74, 6) is 0.847. The maximum atomic E-state index is 5.92. The van der Waals surface area contributed by atoms with E-state index in [1.165, 1.54) is 37.2 Å². The van der Waals surface area contributed by atoms with Crippen molar-refractivity contribution in [1.29, 1.82) is 0 Å². The van der Waals surface area contributed by atoms with Crippen LogP contribution in [0, 0.1) is 5.92 Å². The topological polar surface area (TPSA) is 41.3 Å². The third kappa shape index (κ3) is 4.80. The molecule has 0 spiro atoms. The number of anilines is 1. The van der Waals surface area contributed by atoms with Crippen molar-refractivity contribution in [3.05, 3.63) is 29.8 Å². The van der Waals surface area contributed by atoms with E-state index in [0.29, 0.717) is 0 Å². The molecule has 1 heterocycles. The summed E-state index contributed by atoms with van der Waals surface area (Å²) in [7, 11) is 0. The summed E-state index contributed by atoms with van der Waals surface area (Å²) in [5, 5.41) is 3.39. The Hall–Kier alpha value is -1.06. The van der Waals surface area contributed by atoms with Gasteiger partial charge in [-0.1, -0.05) is 26.0 Å². The summed E-state index contributed by atoms with van der Waals surface area (Å²) in [4.78, 5) is 2.57. The fraction of sp³-hybridized carbons (Fsp3) is 0.647. The van der Waals surface area contributed by atoms with E-state index in [4.69, 9.17) is 5.73 Å². The lowest BCUT2D eigenvalue weighted by Gasteiger charge is -2.30. The van der Waals surface area contributed by atoms with Gasteiger partial charge in [0, 0.05) is 31.4 Å². The molecule has 0 bridgehead atoms. The lowest BCUT2D eigenvalue weighted by molar-refractivity contribution is 0.176. The van der Waals surface area contributed by atoms with E-state index in [9.17, 15) is 0 Å². The van der Waals surface area contributed by atoms with Gasteiger partial charge >= 0.3 is 0 Å². The van der Waals surface area contributed by atoms with Gasteiger partial charge in [-0.25, -0.2) is 0 Å². The third-order valence-electron chi connectivity index (χ3n) is 4.19. The first kappa shape index (κ1) is 15.3. The lowest BCUT2D eigenvalue weighted by atomic mass is 10.00. The van der Waals surface area contributed by atoms with Crippen molar-refractivity contribution in [3.63, 3.8) is 0 Å². The molecule has 1 aliphatic heterocycles. The smallest absolute Gasteiger partial charge is 0.0340 e. The molecule has 1 aromatic rings. The highest BCUT2D eigenvalue weighted by atomic mass is 15.1. The summed E-state index contributed by atoms with van der Waals surface area (Å²) in [5.41, 5.74) is 8.50. The molecule has 2 atom stereocenters. The SMILES string of the molecule is CCC(N)CNc1ccc(CN2CCCC(C)C2)cc1. The minimum atomic E-state index is 0.240. The van der Waals surface area contributed by atoms with Gasteiger partial charge in [-0.15, -0.1) is 0 Å². The van der Waals surface area contributed by atoms with Crippen LogP contribution in [0.25, 0.3) is 0 Å². The van der Waals surface area contributed by atoms with Gasteiger partial charge in [-0.3, -0.25) is 4.90 Å². The molecule has 1 aromatic carbocycles. The van der Waals surface area contributed by atoms with Crippen LogP contribution in [-0.2, 0) is 6.54 Å². The molecular formula is C17H29N3. The Kier molecular flexibility index (Phi) is 5.86. The van der Waals surface area contributed by atoms with Crippen molar-refractivity contribution < 1.29 is 0 Å². The van der Waals surface area contributed by atoms with E-state index in [-0.39, 0.29) is 6.04 Å². The third-order valence-corrected chi connectivity index (χ3v) is 4.19. The maximum Gasteiger partial charge on any atom is 0.0340 e. The van der Waals surface area contributed by atoms with Gasteiger partial charge in [0.05, 0.1) is 0 Å². The second-order valence-corrected chi connectivity index (χ2v) is 6.23. The number of likely N-dealkylation sites (tertiary alicyclic amines) is 1. The monoisotopic (exact) mass is 275 g/mol. The summed E-state index contributed by atoms with van der Waals surface area (Å²) >= 11 is 0. The first-order valence-electron chi connectivity index (χ1n) is 7.98. The average Bonchev–Trinajstić information content (AvgIpc) is 2.46. The highest BCUT2D eigenvalue weighted by Crippen LogP contribution is 2.18. The van der Waals surface area contributed by atoms with Gasteiger partial charge in [-0.2, -0.15) is 0 Å². The van der Waals surface area contributed by atoms with Crippen LogP contribution < -0.4 is 11.1 Å². The van der Waals surface area contributed by atoms with Crippen LogP contribution in [0.1, 0.15) is 38.7 Å². The van der Waals surface area contributed by atoms with Crippen LogP contribution in [0.4, 0.5) is 5.69 Å². The van der Waals surface area contributed by atoms with Gasteiger partial charge in [0.25, 0.3) is 0 Å². The lowest BCUT2D eigenvalue weighted by Crippen LogP contribution is -2.33. The largest absolute Gasteiger partial charge is 0.383 e. The molecule has 0 aromatic heterocycles. The molecule has 3 nitrogen and oxygen atoms in total. The molecule has 1 saturated heterocycles. The van der Waals surface area contributed by atoms with E-state index in [0.717, 1.165) is 25.4 Å². The summed E-state index contributed by atoms with van der Waals surface area (Å²) < 4.78 is 0. The number of nitrogens with zero attached hydrogens (tertiary/aromatic N) is 1. The van der Waals surface area contributed by atoms with Crippen LogP contribution in [0.3, 0.4) is 0 Å². The van der Waals surface area contributed by atoms with E-state index < -0.39 is 0 Å². The maximum absolute atomic E-state index is 5.92. The first-order valence-corrected chi connectivity index (χ1v) is 7.98. The van der Waals surface area contributed by atoms with Crippen LogP contribution in [0.2, 0.25) is 0 Å². The minimum Gasteiger partial charge on any atom is -0.383 e. The molecule has 3 heteroatoms. The standard InChI is InChI=1S/C17H29N3/c1-3-16(18)11-19-17-8-6-15(7-9-17)13-20-10-4-5-14(2)12-20/h6-9,14,16,19H,3-5,10-13,18H2,1-2H3. The summed E-state index contributed by atoms with van der Waals surface area (Å²) in [6.07, 6.45) is 3.74. The predicted molar refractivity (Wildman–Crippen MR) is 86.9 cm³/mol. The average molecular weight is 275 g/mol. The van der Waals surface area contributed by atoms with Crippen LogP contribution in [0.5, 0.6) is 0 Å². The van der Waals surface area contributed by atoms with Gasteiger partial charge < -0.3 is 11.1 Å². The summed E-state index contributed by atoms with van der Waals surface area (Å²) in [6.45, 7) is 8.89. The van der Waals surface area contributed by atoms with Gasteiger partial charge in [0.1, 0.15) is 0 Å². The van der Waals surface area contributed by atoms with Crippen molar-refractivity contribution >= 4 is 5.69 Å². The van der Waals surface area contributed by atoms with Crippen molar-refractivity contribution in [1.82, 2.24) is 4.90 Å². The molecule has 0 radical (unpaired) electrons. The van der Waals surface area contributed by atoms with Crippen molar-refractivity contribution in [3.8, 4) is 0 Å². The molecule has 1 aliphatic rings. The van der Waals surface area contributed by atoms with Crippen molar-refractivity contribution in [2.24, 2.45) is 11.7 Å². The van der Waals surface area contributed by atoms with Crippen molar-refractivity contribution in [2.45, 2.75) is 45.7 Å². The normalized spacial score (nSPS) is 21.6. The second kappa shape index (κ2) is 7.65. The second-order valence-electron chi connectivity index (χ2n) is 6.23. The van der Waals surface area contributed by atoms with Crippen LogP contribution >= 0.6 is 0 Å². The molecule has 0 aliphatic carbocycles. The predicted octanol–water partition coefficient (Wildman–Crippen LogP) is 3.07. The van der Waals surface area contributed by atoms with Gasteiger partial charge in [0.2, 0.25) is 0 Å². The molecule has 112 valence electrons. The Morgan fingerprint density at radius 3 is 2.75 bits per heavy atom. The Morgan fingerprint density at radius 1 is 1.35 bits per heavy atom. The van der Waals surface area contributed by atoms with Crippen LogP contribution in [-0.4, -0.2) is 30.6 Å². The number of rotatable bonds is 6. The van der Waals surface area contributed by atoms with Crippen LogP contribution in [0.15, 0.2) is 24.3 Å².